The summed E-state index contributed by atoms with van der Waals surface area (Å²) in [6, 6.07) is 23.2. The minimum atomic E-state index is -0.219. The van der Waals surface area contributed by atoms with Gasteiger partial charge in [-0.25, -0.2) is 0 Å². The SMILES string of the molecule is Cl.O=C(Nc1n[nH]c2cc(OCCOCc3ccccc3)ccc12)c1ccccc1NCCN1CCOCC1. The molecule has 1 aliphatic rings. The van der Waals surface area contributed by atoms with Crippen molar-refractivity contribution >= 4 is 40.7 Å². The van der Waals surface area contributed by atoms with Gasteiger partial charge in [0.15, 0.2) is 5.82 Å². The molecule has 1 saturated heterocycles. The third kappa shape index (κ3) is 7.93. The maximum absolute atomic E-state index is 13.1. The number of hydrogen-bond donors (Lipinski definition) is 3. The summed E-state index contributed by atoms with van der Waals surface area (Å²) in [5, 5.41) is 14.5. The van der Waals surface area contributed by atoms with Crippen molar-refractivity contribution in [1.29, 1.82) is 0 Å². The number of nitrogens with one attached hydrogen (secondary N) is 3. The summed E-state index contributed by atoms with van der Waals surface area (Å²) in [6.45, 7) is 6.53. The Balaban J connectivity index is 0.00000353. The maximum Gasteiger partial charge on any atom is 0.258 e. The van der Waals surface area contributed by atoms with Gasteiger partial charge in [-0.05, 0) is 29.8 Å². The fourth-order valence-electron chi connectivity index (χ4n) is 4.35. The van der Waals surface area contributed by atoms with Crippen LogP contribution in [0.25, 0.3) is 10.9 Å². The highest BCUT2D eigenvalue weighted by atomic mass is 35.5. The smallest absolute Gasteiger partial charge is 0.258 e. The number of rotatable bonds is 12. The Kier molecular flexibility index (Phi) is 10.6. The molecule has 39 heavy (non-hydrogen) atoms. The molecule has 3 aromatic carbocycles. The molecule has 1 amide bonds. The van der Waals surface area contributed by atoms with E-state index in [1.807, 2.05) is 72.8 Å². The van der Waals surface area contributed by atoms with Crippen LogP contribution in [0.3, 0.4) is 0 Å². The van der Waals surface area contributed by atoms with Crippen molar-refractivity contribution < 1.29 is 19.0 Å². The van der Waals surface area contributed by atoms with E-state index in [1.165, 1.54) is 0 Å². The Morgan fingerprint density at radius 3 is 2.64 bits per heavy atom. The van der Waals surface area contributed by atoms with Crippen LogP contribution in [-0.4, -0.2) is 73.6 Å². The number of para-hydroxylation sites is 1. The molecular formula is C29H34ClN5O4. The van der Waals surface area contributed by atoms with E-state index in [9.17, 15) is 4.79 Å². The number of hydrogen-bond acceptors (Lipinski definition) is 7. The summed E-state index contributed by atoms with van der Waals surface area (Å²) < 4.78 is 16.9. The number of carbonyl (C=O) groups is 1. The van der Waals surface area contributed by atoms with Crippen molar-refractivity contribution in [3.8, 4) is 5.75 Å². The zero-order chi connectivity index (χ0) is 26.0. The van der Waals surface area contributed by atoms with Crippen molar-refractivity contribution in [2.24, 2.45) is 0 Å². The lowest BCUT2D eigenvalue weighted by atomic mass is 10.1. The van der Waals surface area contributed by atoms with Gasteiger partial charge in [0.1, 0.15) is 12.4 Å². The second-order valence-electron chi connectivity index (χ2n) is 9.05. The number of morpholine rings is 1. The van der Waals surface area contributed by atoms with Gasteiger partial charge in [-0.3, -0.25) is 14.8 Å². The summed E-state index contributed by atoms with van der Waals surface area (Å²) >= 11 is 0. The Morgan fingerprint density at radius 1 is 1.00 bits per heavy atom. The van der Waals surface area contributed by atoms with Crippen molar-refractivity contribution in [2.45, 2.75) is 6.61 Å². The lowest BCUT2D eigenvalue weighted by Crippen LogP contribution is -2.39. The predicted molar refractivity (Wildman–Crippen MR) is 155 cm³/mol. The molecule has 0 atom stereocenters. The number of nitrogens with zero attached hydrogens (tertiary/aromatic N) is 2. The van der Waals surface area contributed by atoms with E-state index in [0.29, 0.717) is 37.0 Å². The van der Waals surface area contributed by atoms with Crippen molar-refractivity contribution in [1.82, 2.24) is 15.1 Å². The fraction of sp³-hybridized carbons (Fsp3) is 0.310. The van der Waals surface area contributed by atoms with E-state index >= 15 is 0 Å². The average Bonchev–Trinajstić information content (AvgIpc) is 3.36. The summed E-state index contributed by atoms with van der Waals surface area (Å²) in [5.74, 6) is 0.965. The largest absolute Gasteiger partial charge is 0.491 e. The van der Waals surface area contributed by atoms with E-state index in [-0.39, 0.29) is 18.3 Å². The van der Waals surface area contributed by atoms with Gasteiger partial charge in [0, 0.05) is 43.3 Å². The number of anilines is 2. The van der Waals surface area contributed by atoms with E-state index in [1.54, 1.807) is 0 Å². The monoisotopic (exact) mass is 551 g/mol. The van der Waals surface area contributed by atoms with Crippen LogP contribution < -0.4 is 15.4 Å². The third-order valence-corrected chi connectivity index (χ3v) is 6.39. The predicted octanol–water partition coefficient (Wildman–Crippen LogP) is 4.58. The molecule has 9 nitrogen and oxygen atoms in total. The molecule has 0 saturated carbocycles. The van der Waals surface area contributed by atoms with E-state index in [2.05, 4.69) is 25.7 Å². The van der Waals surface area contributed by atoms with Crippen LogP contribution in [0.5, 0.6) is 5.75 Å². The summed E-state index contributed by atoms with van der Waals surface area (Å²) in [6.07, 6.45) is 0. The first kappa shape index (κ1) is 28.4. The van der Waals surface area contributed by atoms with Crippen LogP contribution >= 0.6 is 12.4 Å². The Labute approximate surface area is 234 Å². The standard InChI is InChI=1S/C29H33N5O4.ClH/c35-29(25-8-4-5-9-26(25)30-12-13-34-14-16-36-17-15-34)31-28-24-11-10-23(20-27(24)32-33-28)38-19-18-37-21-22-6-2-1-3-7-22;/h1-11,20,30H,12-19,21H2,(H2,31,32,33,35);1H. The van der Waals surface area contributed by atoms with Crippen LogP contribution in [-0.2, 0) is 16.1 Å². The number of aromatic nitrogens is 2. The molecule has 3 N–H and O–H groups in total. The Morgan fingerprint density at radius 2 is 1.79 bits per heavy atom. The lowest BCUT2D eigenvalue weighted by Gasteiger charge is -2.26. The number of halogens is 1. The van der Waals surface area contributed by atoms with Gasteiger partial charge in [-0.15, -0.1) is 12.4 Å². The summed E-state index contributed by atoms with van der Waals surface area (Å²) in [4.78, 5) is 15.5. The fourth-order valence-corrected chi connectivity index (χ4v) is 4.35. The molecule has 4 aromatic rings. The number of aromatic amines is 1. The minimum absolute atomic E-state index is 0. The van der Waals surface area contributed by atoms with E-state index in [0.717, 1.165) is 61.5 Å². The molecule has 1 aliphatic heterocycles. The van der Waals surface area contributed by atoms with Crippen LogP contribution in [0, 0.1) is 0 Å². The topological polar surface area (TPSA) is 101 Å². The molecule has 10 heteroatoms. The van der Waals surface area contributed by atoms with Gasteiger partial charge in [-0.1, -0.05) is 42.5 Å². The van der Waals surface area contributed by atoms with Crippen LogP contribution in [0.15, 0.2) is 72.8 Å². The van der Waals surface area contributed by atoms with Gasteiger partial charge < -0.3 is 24.8 Å². The maximum atomic E-state index is 13.1. The van der Waals surface area contributed by atoms with Gasteiger partial charge in [0.05, 0.1) is 37.5 Å². The van der Waals surface area contributed by atoms with Gasteiger partial charge in [0.2, 0.25) is 0 Å². The first-order valence-corrected chi connectivity index (χ1v) is 12.9. The van der Waals surface area contributed by atoms with Crippen molar-refractivity contribution in [3.05, 3.63) is 83.9 Å². The molecule has 1 aromatic heterocycles. The molecule has 0 aliphatic carbocycles. The number of carbonyl (C=O) groups excluding carboxylic acids is 1. The zero-order valence-corrected chi connectivity index (χ0v) is 22.5. The first-order valence-electron chi connectivity index (χ1n) is 12.9. The quantitative estimate of drug-likeness (QED) is 0.222. The molecule has 0 bridgehead atoms. The Hall–Kier alpha value is -3.63. The second kappa shape index (κ2) is 14.5. The van der Waals surface area contributed by atoms with Crippen molar-refractivity contribution in [3.63, 3.8) is 0 Å². The van der Waals surface area contributed by atoms with E-state index < -0.39 is 0 Å². The molecule has 5 rings (SSSR count). The summed E-state index contributed by atoms with van der Waals surface area (Å²) in [7, 11) is 0. The second-order valence-corrected chi connectivity index (χ2v) is 9.05. The Bertz CT molecular complexity index is 1330. The molecule has 0 spiro atoms. The number of fused-ring (bicyclic) bond motifs is 1. The molecule has 1 fully saturated rings. The van der Waals surface area contributed by atoms with Crippen LogP contribution in [0.1, 0.15) is 15.9 Å². The molecule has 0 unspecified atom stereocenters. The van der Waals surface area contributed by atoms with Crippen molar-refractivity contribution in [2.75, 3.05) is 63.2 Å². The first-order chi connectivity index (χ1) is 18.8. The summed E-state index contributed by atoms with van der Waals surface area (Å²) in [5.41, 5.74) is 3.27. The molecule has 2 heterocycles. The number of amides is 1. The number of ether oxygens (including phenoxy) is 3. The van der Waals surface area contributed by atoms with Crippen LogP contribution in [0.2, 0.25) is 0 Å². The van der Waals surface area contributed by atoms with E-state index in [4.69, 9.17) is 14.2 Å². The third-order valence-electron chi connectivity index (χ3n) is 6.39. The van der Waals surface area contributed by atoms with Gasteiger partial charge in [-0.2, -0.15) is 5.10 Å². The molecule has 0 radical (unpaired) electrons. The highest BCUT2D eigenvalue weighted by molar-refractivity contribution is 6.10. The average molecular weight is 552 g/mol. The van der Waals surface area contributed by atoms with Crippen LogP contribution in [0.4, 0.5) is 11.5 Å². The minimum Gasteiger partial charge on any atom is -0.491 e. The normalized spacial score (nSPS) is 13.5. The molecule has 206 valence electrons. The number of benzene rings is 3. The van der Waals surface area contributed by atoms with Gasteiger partial charge in [0.25, 0.3) is 5.91 Å². The van der Waals surface area contributed by atoms with Gasteiger partial charge >= 0.3 is 0 Å². The molecular weight excluding hydrogens is 518 g/mol. The highest BCUT2D eigenvalue weighted by Crippen LogP contribution is 2.26. The number of H-pyrrole nitrogens is 1. The zero-order valence-electron chi connectivity index (χ0n) is 21.7. The highest BCUT2D eigenvalue weighted by Gasteiger charge is 2.16. The lowest BCUT2D eigenvalue weighted by molar-refractivity contribution is 0.0398.